The van der Waals surface area contributed by atoms with Crippen LogP contribution in [0.5, 0.6) is 0 Å². The van der Waals surface area contributed by atoms with E-state index in [9.17, 15) is 30.3 Å². The highest BCUT2D eigenvalue weighted by molar-refractivity contribution is 5.95. The molecule has 3 saturated carbocycles. The average molecular weight is 465 g/mol. The number of hydrogen-bond donors (Lipinski definition) is 5. The van der Waals surface area contributed by atoms with Crippen LogP contribution in [-0.4, -0.2) is 61.3 Å². The minimum absolute atomic E-state index is 0.0265. The first-order valence-corrected chi connectivity index (χ1v) is 13.0. The van der Waals surface area contributed by atoms with E-state index >= 15 is 0 Å². The topological polar surface area (TPSA) is 118 Å². The molecule has 33 heavy (non-hydrogen) atoms. The summed E-state index contributed by atoms with van der Waals surface area (Å²) in [5.74, 6) is -0.506. The van der Waals surface area contributed by atoms with Crippen LogP contribution >= 0.6 is 0 Å². The van der Waals surface area contributed by atoms with E-state index in [4.69, 9.17) is 0 Å². The van der Waals surface area contributed by atoms with E-state index in [0.29, 0.717) is 24.3 Å². The van der Waals surface area contributed by atoms with Gasteiger partial charge in [-0.3, -0.25) is 4.79 Å². The van der Waals surface area contributed by atoms with Crippen LogP contribution in [0.1, 0.15) is 79.6 Å². The van der Waals surface area contributed by atoms with Gasteiger partial charge in [0, 0.05) is 17.3 Å². The van der Waals surface area contributed by atoms with E-state index < -0.39 is 52.7 Å². The highest BCUT2D eigenvalue weighted by Gasteiger charge is 2.69. The van der Waals surface area contributed by atoms with Crippen molar-refractivity contribution in [2.45, 2.75) is 110 Å². The predicted molar refractivity (Wildman–Crippen MR) is 125 cm³/mol. The Balaban J connectivity index is 1.69. The molecule has 188 valence electrons. The van der Waals surface area contributed by atoms with Crippen molar-refractivity contribution in [1.29, 1.82) is 0 Å². The SMILES string of the molecule is CC(C)CC[C@@H](O)[C@@H](C)[C@H]1CC[C@@]2(O)C3=CC(=O)[C@@H]4C[C@@H](O)[C@@H](O)C[C@]4(C)[C@H]3[C@H](O)C[C@]12C. The summed E-state index contributed by atoms with van der Waals surface area (Å²) in [7, 11) is 0. The number of rotatable bonds is 5. The van der Waals surface area contributed by atoms with Gasteiger partial charge in [0.2, 0.25) is 0 Å². The van der Waals surface area contributed by atoms with Crippen LogP contribution < -0.4 is 0 Å². The number of carbonyl (C=O) groups is 1. The van der Waals surface area contributed by atoms with E-state index in [-0.39, 0.29) is 30.5 Å². The second-order valence-corrected chi connectivity index (χ2v) is 12.7. The van der Waals surface area contributed by atoms with Crippen LogP contribution in [0.3, 0.4) is 0 Å². The van der Waals surface area contributed by atoms with Crippen molar-refractivity contribution in [3.63, 3.8) is 0 Å². The third kappa shape index (κ3) is 3.67. The summed E-state index contributed by atoms with van der Waals surface area (Å²) in [6.45, 7) is 10.3. The van der Waals surface area contributed by atoms with Gasteiger partial charge < -0.3 is 25.5 Å². The van der Waals surface area contributed by atoms with Gasteiger partial charge in [0.15, 0.2) is 5.78 Å². The molecule has 0 aromatic heterocycles. The fraction of sp³-hybridized carbons (Fsp3) is 0.889. The van der Waals surface area contributed by atoms with E-state index in [1.807, 2.05) is 13.8 Å². The third-order valence-corrected chi connectivity index (χ3v) is 10.4. The number of ketones is 1. The lowest BCUT2D eigenvalue weighted by Crippen LogP contribution is -2.64. The van der Waals surface area contributed by atoms with Crippen LogP contribution in [0.15, 0.2) is 11.6 Å². The van der Waals surface area contributed by atoms with Gasteiger partial charge >= 0.3 is 0 Å². The Morgan fingerprint density at radius 2 is 1.70 bits per heavy atom. The normalized spacial score (nSPS) is 49.2. The van der Waals surface area contributed by atoms with Gasteiger partial charge in [0.25, 0.3) is 0 Å². The number of carbonyl (C=O) groups excluding carboxylic acids is 1. The van der Waals surface area contributed by atoms with Gasteiger partial charge in [-0.25, -0.2) is 0 Å². The van der Waals surface area contributed by atoms with E-state index in [1.54, 1.807) is 6.08 Å². The molecule has 0 radical (unpaired) electrons. The molecule has 4 aliphatic rings. The largest absolute Gasteiger partial charge is 0.393 e. The van der Waals surface area contributed by atoms with Gasteiger partial charge in [0.1, 0.15) is 0 Å². The van der Waals surface area contributed by atoms with Crippen LogP contribution in [0.4, 0.5) is 0 Å². The van der Waals surface area contributed by atoms with Crippen LogP contribution in [0.25, 0.3) is 0 Å². The van der Waals surface area contributed by atoms with Gasteiger partial charge in [-0.2, -0.15) is 0 Å². The molecule has 11 atom stereocenters. The summed E-state index contributed by atoms with van der Waals surface area (Å²) < 4.78 is 0. The Morgan fingerprint density at radius 1 is 1.03 bits per heavy atom. The van der Waals surface area contributed by atoms with Crippen molar-refractivity contribution < 1.29 is 30.3 Å². The molecule has 0 saturated heterocycles. The van der Waals surface area contributed by atoms with Crippen molar-refractivity contribution in [1.82, 2.24) is 0 Å². The molecule has 6 heteroatoms. The molecular formula is C27H44O6. The summed E-state index contributed by atoms with van der Waals surface area (Å²) >= 11 is 0. The van der Waals surface area contributed by atoms with Crippen molar-refractivity contribution in [2.75, 3.05) is 0 Å². The molecule has 0 unspecified atom stereocenters. The first-order valence-electron chi connectivity index (χ1n) is 13.0. The monoisotopic (exact) mass is 464 g/mol. The smallest absolute Gasteiger partial charge is 0.159 e. The third-order valence-electron chi connectivity index (χ3n) is 10.4. The summed E-state index contributed by atoms with van der Waals surface area (Å²) in [6, 6.07) is 0. The van der Waals surface area contributed by atoms with Crippen LogP contribution in [0, 0.1) is 40.4 Å². The Morgan fingerprint density at radius 3 is 2.33 bits per heavy atom. The lowest BCUT2D eigenvalue weighted by atomic mass is 9.45. The molecular weight excluding hydrogens is 420 g/mol. The zero-order chi connectivity index (χ0) is 24.5. The Labute approximate surface area is 198 Å². The van der Waals surface area contributed by atoms with Crippen molar-refractivity contribution in [3.8, 4) is 0 Å². The summed E-state index contributed by atoms with van der Waals surface area (Å²) in [5.41, 5.74) is -1.97. The zero-order valence-corrected chi connectivity index (χ0v) is 20.9. The molecule has 3 fully saturated rings. The van der Waals surface area contributed by atoms with E-state index in [2.05, 4.69) is 20.8 Å². The number of aliphatic hydroxyl groups is 5. The minimum atomic E-state index is -1.22. The summed E-state index contributed by atoms with van der Waals surface area (Å²) in [4.78, 5) is 13.3. The first kappa shape index (κ1) is 25.3. The van der Waals surface area contributed by atoms with E-state index in [0.717, 1.165) is 19.3 Å². The Bertz CT molecular complexity index is 808. The maximum Gasteiger partial charge on any atom is 0.159 e. The molecule has 4 aliphatic carbocycles. The molecule has 0 aliphatic heterocycles. The maximum absolute atomic E-state index is 13.3. The fourth-order valence-corrected chi connectivity index (χ4v) is 8.40. The van der Waals surface area contributed by atoms with Crippen molar-refractivity contribution in [2.24, 2.45) is 40.4 Å². The maximum atomic E-state index is 13.3. The molecule has 0 amide bonds. The Kier molecular flexibility index (Phi) is 6.45. The van der Waals surface area contributed by atoms with Gasteiger partial charge in [-0.15, -0.1) is 0 Å². The molecule has 0 bridgehead atoms. The highest BCUT2D eigenvalue weighted by Crippen LogP contribution is 2.68. The molecule has 6 nitrogen and oxygen atoms in total. The minimum Gasteiger partial charge on any atom is -0.393 e. The second-order valence-electron chi connectivity index (χ2n) is 12.7. The molecule has 0 aromatic carbocycles. The van der Waals surface area contributed by atoms with Gasteiger partial charge in [-0.1, -0.05) is 34.6 Å². The lowest BCUT2D eigenvalue weighted by molar-refractivity contribution is -0.176. The van der Waals surface area contributed by atoms with Gasteiger partial charge in [0.05, 0.1) is 30.0 Å². The summed E-state index contributed by atoms with van der Waals surface area (Å²) in [6.07, 6.45) is 2.15. The first-order chi connectivity index (χ1) is 15.3. The number of fused-ring (bicyclic) bond motifs is 5. The standard InChI is InChI=1S/C27H44O6/c1-14(2)6-7-19(28)15(3)16-8-9-27(33)18-11-20(29)17-10-21(30)22(31)12-25(17,4)24(18)23(32)13-26(16,27)5/h11,14-17,19,21-24,28,30-33H,6-10,12-13H2,1-5H3/t15-,16+,17-,19+,21+,22-,23+,24+,25-,26+,27+/m0/s1. The average Bonchev–Trinajstić information content (AvgIpc) is 2.98. The number of allylic oxidation sites excluding steroid dienone is 1. The van der Waals surface area contributed by atoms with E-state index in [1.165, 1.54) is 0 Å². The quantitative estimate of drug-likeness (QED) is 0.427. The van der Waals surface area contributed by atoms with Crippen LogP contribution in [-0.2, 0) is 4.79 Å². The lowest BCUT2D eigenvalue weighted by Gasteiger charge is -2.61. The number of aliphatic hydroxyl groups excluding tert-OH is 4. The molecule has 5 N–H and O–H groups in total. The van der Waals surface area contributed by atoms with Crippen LogP contribution in [0.2, 0.25) is 0 Å². The van der Waals surface area contributed by atoms with Crippen molar-refractivity contribution in [3.05, 3.63) is 11.6 Å². The fourth-order valence-electron chi connectivity index (χ4n) is 8.40. The molecule has 0 heterocycles. The predicted octanol–water partition coefficient (Wildman–Crippen LogP) is 2.60. The molecule has 0 aromatic rings. The molecule has 4 rings (SSSR count). The molecule has 0 spiro atoms. The second kappa shape index (κ2) is 8.41. The van der Waals surface area contributed by atoms with Gasteiger partial charge in [-0.05, 0) is 79.8 Å². The highest BCUT2D eigenvalue weighted by atomic mass is 16.3. The Hall–Kier alpha value is -0.790. The summed E-state index contributed by atoms with van der Waals surface area (Å²) in [5, 5.41) is 55.4. The zero-order valence-electron chi connectivity index (χ0n) is 20.9. The van der Waals surface area contributed by atoms with Crippen molar-refractivity contribution >= 4 is 5.78 Å². The number of hydrogen-bond acceptors (Lipinski definition) is 6.